The molecule has 0 atom stereocenters. The Hall–Kier alpha value is -3.41. The molecule has 2 heterocycles. The van der Waals surface area contributed by atoms with E-state index in [1.165, 1.54) is 5.56 Å². The molecule has 6 heteroatoms. The van der Waals surface area contributed by atoms with Crippen LogP contribution in [0.1, 0.15) is 32.9 Å². The SMILES string of the molecule is Cc1ccc(Nc2cc(N3CCN(C(=O)c4cc(C)ccc4C)CC3)nc(C)n2)cc1. The number of aromatic nitrogens is 2. The standard InChI is InChI=1S/C25H29N5O/c1-17-6-9-21(10-7-17)28-23-16-24(27-20(4)26-23)29-11-13-30(14-12-29)25(31)22-15-18(2)5-8-19(22)3/h5-10,15-16H,11-14H2,1-4H3,(H,26,27,28). The van der Waals surface area contributed by atoms with Gasteiger partial charge in [0.15, 0.2) is 0 Å². The Balaban J connectivity index is 1.45. The second-order valence-corrected chi connectivity index (χ2v) is 8.25. The van der Waals surface area contributed by atoms with Gasteiger partial charge in [-0.1, -0.05) is 35.4 Å². The van der Waals surface area contributed by atoms with E-state index in [1.54, 1.807) is 0 Å². The molecule has 4 rings (SSSR count). The van der Waals surface area contributed by atoms with E-state index in [0.29, 0.717) is 13.1 Å². The third-order valence-electron chi connectivity index (χ3n) is 5.66. The number of aryl methyl sites for hydroxylation is 4. The van der Waals surface area contributed by atoms with Crippen LogP contribution in [-0.4, -0.2) is 47.0 Å². The van der Waals surface area contributed by atoms with Gasteiger partial charge in [-0.05, 0) is 51.5 Å². The summed E-state index contributed by atoms with van der Waals surface area (Å²) in [5.74, 6) is 2.50. The van der Waals surface area contributed by atoms with Crippen molar-refractivity contribution < 1.29 is 4.79 Å². The normalized spacial score (nSPS) is 13.9. The maximum Gasteiger partial charge on any atom is 0.254 e. The van der Waals surface area contributed by atoms with Crippen LogP contribution in [0, 0.1) is 27.7 Å². The first kappa shape index (κ1) is 20.8. The lowest BCUT2D eigenvalue weighted by Crippen LogP contribution is -2.49. The number of piperazine rings is 1. The van der Waals surface area contributed by atoms with Gasteiger partial charge in [0.25, 0.3) is 5.91 Å². The number of carbonyl (C=O) groups is 1. The fraction of sp³-hybridized carbons (Fsp3) is 0.320. The van der Waals surface area contributed by atoms with Gasteiger partial charge in [-0.15, -0.1) is 0 Å². The summed E-state index contributed by atoms with van der Waals surface area (Å²) in [5, 5.41) is 3.37. The van der Waals surface area contributed by atoms with E-state index in [2.05, 4.69) is 39.2 Å². The molecular weight excluding hydrogens is 386 g/mol. The van der Waals surface area contributed by atoms with Crippen LogP contribution in [-0.2, 0) is 0 Å². The van der Waals surface area contributed by atoms with Crippen LogP contribution >= 0.6 is 0 Å². The lowest BCUT2D eigenvalue weighted by molar-refractivity contribution is 0.0745. The first-order valence-electron chi connectivity index (χ1n) is 10.7. The summed E-state index contributed by atoms with van der Waals surface area (Å²) in [7, 11) is 0. The van der Waals surface area contributed by atoms with Gasteiger partial charge in [0, 0.05) is 43.5 Å². The van der Waals surface area contributed by atoms with E-state index < -0.39 is 0 Å². The molecule has 1 N–H and O–H groups in total. The molecule has 160 valence electrons. The molecule has 0 aliphatic carbocycles. The molecule has 0 saturated carbocycles. The third-order valence-corrected chi connectivity index (χ3v) is 5.66. The number of anilines is 3. The number of rotatable bonds is 4. The lowest BCUT2D eigenvalue weighted by Gasteiger charge is -2.35. The lowest BCUT2D eigenvalue weighted by atomic mass is 10.0. The monoisotopic (exact) mass is 415 g/mol. The van der Waals surface area contributed by atoms with Gasteiger partial charge in [0.2, 0.25) is 0 Å². The van der Waals surface area contributed by atoms with E-state index in [0.717, 1.165) is 52.9 Å². The Morgan fingerprint density at radius 2 is 1.52 bits per heavy atom. The van der Waals surface area contributed by atoms with Crippen LogP contribution in [0.2, 0.25) is 0 Å². The number of nitrogens with one attached hydrogen (secondary N) is 1. The van der Waals surface area contributed by atoms with E-state index in [-0.39, 0.29) is 5.91 Å². The molecule has 1 aliphatic heterocycles. The summed E-state index contributed by atoms with van der Waals surface area (Å²) in [5.41, 5.74) is 5.15. The largest absolute Gasteiger partial charge is 0.353 e. The molecule has 2 aromatic carbocycles. The van der Waals surface area contributed by atoms with Crippen LogP contribution in [0.4, 0.5) is 17.3 Å². The van der Waals surface area contributed by atoms with Crippen LogP contribution in [0.25, 0.3) is 0 Å². The summed E-state index contributed by atoms with van der Waals surface area (Å²) in [6.45, 7) is 10.8. The average Bonchev–Trinajstić information content (AvgIpc) is 2.76. The van der Waals surface area contributed by atoms with Crippen molar-refractivity contribution in [3.8, 4) is 0 Å². The van der Waals surface area contributed by atoms with Crippen molar-refractivity contribution in [1.29, 1.82) is 0 Å². The van der Waals surface area contributed by atoms with Crippen LogP contribution < -0.4 is 10.2 Å². The predicted octanol–water partition coefficient (Wildman–Crippen LogP) is 4.42. The van der Waals surface area contributed by atoms with Gasteiger partial charge in [-0.2, -0.15) is 0 Å². The van der Waals surface area contributed by atoms with E-state index >= 15 is 0 Å². The molecule has 3 aromatic rings. The van der Waals surface area contributed by atoms with Crippen molar-refractivity contribution in [2.24, 2.45) is 0 Å². The highest BCUT2D eigenvalue weighted by molar-refractivity contribution is 5.96. The van der Waals surface area contributed by atoms with Crippen molar-refractivity contribution in [2.75, 3.05) is 36.4 Å². The first-order chi connectivity index (χ1) is 14.9. The predicted molar refractivity (Wildman–Crippen MR) is 125 cm³/mol. The van der Waals surface area contributed by atoms with Crippen molar-refractivity contribution >= 4 is 23.2 Å². The van der Waals surface area contributed by atoms with Gasteiger partial charge in [-0.3, -0.25) is 4.79 Å². The van der Waals surface area contributed by atoms with Gasteiger partial charge in [0.1, 0.15) is 17.5 Å². The first-order valence-corrected chi connectivity index (χ1v) is 10.7. The number of carbonyl (C=O) groups excluding carboxylic acids is 1. The zero-order chi connectivity index (χ0) is 22.0. The fourth-order valence-electron chi connectivity index (χ4n) is 3.84. The second kappa shape index (κ2) is 8.76. The minimum absolute atomic E-state index is 0.112. The summed E-state index contributed by atoms with van der Waals surface area (Å²) < 4.78 is 0. The number of benzene rings is 2. The molecule has 1 aromatic heterocycles. The Morgan fingerprint density at radius 1 is 0.839 bits per heavy atom. The highest BCUT2D eigenvalue weighted by Gasteiger charge is 2.24. The fourth-order valence-corrected chi connectivity index (χ4v) is 3.84. The molecule has 31 heavy (non-hydrogen) atoms. The summed E-state index contributed by atoms with van der Waals surface area (Å²) in [6.07, 6.45) is 0. The molecular formula is C25H29N5O. The summed E-state index contributed by atoms with van der Waals surface area (Å²) in [4.78, 5) is 26.4. The molecule has 1 amide bonds. The van der Waals surface area contributed by atoms with Crippen molar-refractivity contribution in [1.82, 2.24) is 14.9 Å². The maximum atomic E-state index is 13.0. The molecule has 1 saturated heterocycles. The zero-order valence-electron chi connectivity index (χ0n) is 18.6. The van der Waals surface area contributed by atoms with Crippen LogP contribution in [0.3, 0.4) is 0 Å². The number of hydrogen-bond acceptors (Lipinski definition) is 5. The van der Waals surface area contributed by atoms with Crippen molar-refractivity contribution in [3.63, 3.8) is 0 Å². The summed E-state index contributed by atoms with van der Waals surface area (Å²) >= 11 is 0. The number of amides is 1. The molecule has 6 nitrogen and oxygen atoms in total. The van der Waals surface area contributed by atoms with Crippen molar-refractivity contribution in [2.45, 2.75) is 27.7 Å². The molecule has 1 aliphatic rings. The minimum Gasteiger partial charge on any atom is -0.353 e. The molecule has 1 fully saturated rings. The van der Waals surface area contributed by atoms with Crippen LogP contribution in [0.5, 0.6) is 0 Å². The Morgan fingerprint density at radius 3 is 2.23 bits per heavy atom. The average molecular weight is 416 g/mol. The van der Waals surface area contributed by atoms with E-state index in [9.17, 15) is 4.79 Å². The topological polar surface area (TPSA) is 61.4 Å². The highest BCUT2D eigenvalue weighted by Crippen LogP contribution is 2.22. The Kier molecular flexibility index (Phi) is 5.89. The van der Waals surface area contributed by atoms with Gasteiger partial charge in [0.05, 0.1) is 0 Å². The van der Waals surface area contributed by atoms with Crippen molar-refractivity contribution in [3.05, 3.63) is 76.6 Å². The molecule has 0 unspecified atom stereocenters. The molecule has 0 radical (unpaired) electrons. The molecule has 0 spiro atoms. The zero-order valence-corrected chi connectivity index (χ0v) is 18.6. The number of nitrogens with zero attached hydrogens (tertiary/aromatic N) is 4. The highest BCUT2D eigenvalue weighted by atomic mass is 16.2. The van der Waals surface area contributed by atoms with Gasteiger partial charge in [-0.25, -0.2) is 9.97 Å². The number of hydrogen-bond donors (Lipinski definition) is 1. The third kappa shape index (κ3) is 4.85. The Bertz CT molecular complexity index is 1090. The van der Waals surface area contributed by atoms with Crippen LogP contribution in [0.15, 0.2) is 48.5 Å². The summed E-state index contributed by atoms with van der Waals surface area (Å²) in [6, 6.07) is 16.3. The van der Waals surface area contributed by atoms with Gasteiger partial charge < -0.3 is 15.1 Å². The van der Waals surface area contributed by atoms with E-state index in [1.807, 2.05) is 62.1 Å². The minimum atomic E-state index is 0.112. The van der Waals surface area contributed by atoms with E-state index in [4.69, 9.17) is 0 Å². The Labute approximate surface area is 183 Å². The molecule has 0 bridgehead atoms. The van der Waals surface area contributed by atoms with Gasteiger partial charge >= 0.3 is 0 Å². The maximum absolute atomic E-state index is 13.0. The second-order valence-electron chi connectivity index (χ2n) is 8.25. The smallest absolute Gasteiger partial charge is 0.254 e. The quantitative estimate of drug-likeness (QED) is 0.684.